The van der Waals surface area contributed by atoms with E-state index in [1.54, 1.807) is 0 Å². The van der Waals surface area contributed by atoms with Gasteiger partial charge in [0.2, 0.25) is 5.91 Å². The van der Waals surface area contributed by atoms with Gasteiger partial charge >= 0.3 is 0 Å². The fourth-order valence-corrected chi connectivity index (χ4v) is 1.93. The molecule has 1 saturated carbocycles. The highest BCUT2D eigenvalue weighted by Gasteiger charge is 2.25. The van der Waals surface area contributed by atoms with Crippen molar-refractivity contribution < 1.29 is 4.79 Å². The van der Waals surface area contributed by atoms with Crippen LogP contribution in [-0.4, -0.2) is 24.5 Å². The molecule has 74 valence electrons. The molecule has 1 atom stereocenters. The van der Waals surface area contributed by atoms with Crippen molar-refractivity contribution in [2.45, 2.75) is 50.6 Å². The molecule has 0 spiro atoms. The molecular weight excluding hydrogens is 164 g/mol. The molecular formula is C10H18N2O. The summed E-state index contributed by atoms with van der Waals surface area (Å²) in [5, 5.41) is 6.34. The van der Waals surface area contributed by atoms with Gasteiger partial charge in [0.05, 0.1) is 6.04 Å². The van der Waals surface area contributed by atoms with Gasteiger partial charge in [0.15, 0.2) is 0 Å². The molecule has 0 aromatic rings. The zero-order valence-corrected chi connectivity index (χ0v) is 8.01. The number of rotatable bonds is 2. The highest BCUT2D eigenvalue weighted by molar-refractivity contribution is 5.82. The molecule has 1 amide bonds. The van der Waals surface area contributed by atoms with Crippen LogP contribution in [0, 0.1) is 0 Å². The normalized spacial score (nSPS) is 29.4. The lowest BCUT2D eigenvalue weighted by Crippen LogP contribution is -2.51. The van der Waals surface area contributed by atoms with Crippen LogP contribution in [0.3, 0.4) is 0 Å². The molecule has 1 aliphatic heterocycles. The molecule has 3 nitrogen and oxygen atoms in total. The second-order valence-electron chi connectivity index (χ2n) is 4.14. The van der Waals surface area contributed by atoms with E-state index in [9.17, 15) is 4.79 Å². The van der Waals surface area contributed by atoms with Gasteiger partial charge < -0.3 is 10.6 Å². The summed E-state index contributed by atoms with van der Waals surface area (Å²) < 4.78 is 0. The van der Waals surface area contributed by atoms with Gasteiger partial charge in [-0.05, 0) is 38.6 Å². The summed E-state index contributed by atoms with van der Waals surface area (Å²) in [7, 11) is 0. The molecule has 1 aliphatic carbocycles. The van der Waals surface area contributed by atoms with E-state index < -0.39 is 0 Å². The molecule has 0 bridgehead atoms. The van der Waals surface area contributed by atoms with Gasteiger partial charge in [-0.25, -0.2) is 0 Å². The largest absolute Gasteiger partial charge is 0.352 e. The number of nitrogens with one attached hydrogen (secondary N) is 2. The Labute approximate surface area is 79.3 Å². The van der Waals surface area contributed by atoms with Crippen LogP contribution in [0.15, 0.2) is 0 Å². The third kappa shape index (κ3) is 2.21. The van der Waals surface area contributed by atoms with E-state index in [-0.39, 0.29) is 11.9 Å². The number of carbonyl (C=O) groups excluding carboxylic acids is 1. The van der Waals surface area contributed by atoms with Crippen molar-refractivity contribution in [3.8, 4) is 0 Å². The standard InChI is InChI=1S/C10H18N2O/c13-10(12-8-4-3-5-8)9-6-1-2-7-11-9/h8-9,11H,1-7H2,(H,12,13). The van der Waals surface area contributed by atoms with Crippen LogP contribution >= 0.6 is 0 Å². The van der Waals surface area contributed by atoms with Crippen molar-refractivity contribution in [1.82, 2.24) is 10.6 Å². The minimum absolute atomic E-state index is 0.0920. The van der Waals surface area contributed by atoms with Gasteiger partial charge in [-0.15, -0.1) is 0 Å². The van der Waals surface area contributed by atoms with Crippen molar-refractivity contribution in [2.75, 3.05) is 6.54 Å². The number of amides is 1. The quantitative estimate of drug-likeness (QED) is 0.663. The Morgan fingerprint density at radius 3 is 2.54 bits per heavy atom. The van der Waals surface area contributed by atoms with Gasteiger partial charge in [0.1, 0.15) is 0 Å². The van der Waals surface area contributed by atoms with E-state index in [1.165, 1.54) is 32.1 Å². The van der Waals surface area contributed by atoms with E-state index in [4.69, 9.17) is 0 Å². The van der Waals surface area contributed by atoms with Crippen molar-refractivity contribution in [2.24, 2.45) is 0 Å². The van der Waals surface area contributed by atoms with E-state index in [1.807, 2.05) is 0 Å². The summed E-state index contributed by atoms with van der Waals surface area (Å²) in [6.45, 7) is 1.00. The first kappa shape index (κ1) is 9.00. The average Bonchev–Trinajstić information content (AvgIpc) is 2.12. The van der Waals surface area contributed by atoms with Crippen LogP contribution in [0.1, 0.15) is 38.5 Å². The summed E-state index contributed by atoms with van der Waals surface area (Å²) in [5.74, 6) is 0.226. The highest BCUT2D eigenvalue weighted by atomic mass is 16.2. The molecule has 13 heavy (non-hydrogen) atoms. The van der Waals surface area contributed by atoms with Gasteiger partial charge in [-0.2, -0.15) is 0 Å². The van der Waals surface area contributed by atoms with Gasteiger partial charge in [0.25, 0.3) is 0 Å². The van der Waals surface area contributed by atoms with Crippen LogP contribution < -0.4 is 10.6 Å². The summed E-state index contributed by atoms with van der Waals surface area (Å²) >= 11 is 0. The first-order valence-corrected chi connectivity index (χ1v) is 5.40. The summed E-state index contributed by atoms with van der Waals surface area (Å²) in [6.07, 6.45) is 7.06. The van der Waals surface area contributed by atoms with E-state index in [0.717, 1.165) is 13.0 Å². The smallest absolute Gasteiger partial charge is 0.237 e. The summed E-state index contributed by atoms with van der Waals surface area (Å²) in [4.78, 5) is 11.6. The molecule has 1 saturated heterocycles. The third-order valence-electron chi connectivity index (χ3n) is 3.08. The molecule has 1 unspecified atom stereocenters. The Balaban J connectivity index is 1.74. The van der Waals surface area contributed by atoms with Gasteiger partial charge in [0, 0.05) is 6.04 Å². The predicted molar refractivity (Wildman–Crippen MR) is 51.4 cm³/mol. The van der Waals surface area contributed by atoms with E-state index >= 15 is 0 Å². The van der Waals surface area contributed by atoms with Crippen molar-refractivity contribution in [3.05, 3.63) is 0 Å². The molecule has 2 aliphatic rings. The molecule has 2 fully saturated rings. The first-order chi connectivity index (χ1) is 6.36. The van der Waals surface area contributed by atoms with Crippen LogP contribution in [0.4, 0.5) is 0 Å². The lowest BCUT2D eigenvalue weighted by Gasteiger charge is -2.30. The molecule has 1 heterocycles. The van der Waals surface area contributed by atoms with E-state index in [0.29, 0.717) is 6.04 Å². The molecule has 3 heteroatoms. The van der Waals surface area contributed by atoms with Crippen molar-refractivity contribution in [3.63, 3.8) is 0 Å². The van der Waals surface area contributed by atoms with E-state index in [2.05, 4.69) is 10.6 Å². The Bertz CT molecular complexity index is 183. The van der Waals surface area contributed by atoms with Crippen molar-refractivity contribution >= 4 is 5.91 Å². The Morgan fingerprint density at radius 1 is 1.15 bits per heavy atom. The predicted octanol–water partition coefficient (Wildman–Crippen LogP) is 0.797. The average molecular weight is 182 g/mol. The van der Waals surface area contributed by atoms with Gasteiger partial charge in [-0.1, -0.05) is 6.42 Å². The molecule has 0 radical (unpaired) electrons. The fourth-order valence-electron chi connectivity index (χ4n) is 1.93. The Hall–Kier alpha value is -0.570. The highest BCUT2D eigenvalue weighted by Crippen LogP contribution is 2.18. The third-order valence-corrected chi connectivity index (χ3v) is 3.08. The maximum Gasteiger partial charge on any atom is 0.237 e. The summed E-state index contributed by atoms with van der Waals surface area (Å²) in [6, 6.07) is 0.575. The molecule has 2 N–H and O–H groups in total. The zero-order valence-electron chi connectivity index (χ0n) is 8.01. The number of hydrogen-bond donors (Lipinski definition) is 2. The Kier molecular flexibility index (Phi) is 2.83. The lowest BCUT2D eigenvalue weighted by atomic mass is 9.92. The topological polar surface area (TPSA) is 41.1 Å². The SMILES string of the molecule is O=C(NC1CCC1)C1CCCCN1. The minimum Gasteiger partial charge on any atom is -0.352 e. The van der Waals surface area contributed by atoms with Crippen molar-refractivity contribution in [1.29, 1.82) is 0 Å². The molecule has 0 aromatic heterocycles. The number of carbonyl (C=O) groups is 1. The minimum atomic E-state index is 0.0920. The number of piperidine rings is 1. The van der Waals surface area contributed by atoms with Crippen LogP contribution in [0.2, 0.25) is 0 Å². The second kappa shape index (κ2) is 4.09. The van der Waals surface area contributed by atoms with Crippen LogP contribution in [0.25, 0.3) is 0 Å². The molecule has 2 rings (SSSR count). The first-order valence-electron chi connectivity index (χ1n) is 5.40. The monoisotopic (exact) mass is 182 g/mol. The van der Waals surface area contributed by atoms with Gasteiger partial charge in [-0.3, -0.25) is 4.79 Å². The Morgan fingerprint density at radius 2 is 2.00 bits per heavy atom. The number of hydrogen-bond acceptors (Lipinski definition) is 2. The fraction of sp³-hybridized carbons (Fsp3) is 0.900. The molecule has 0 aromatic carbocycles. The zero-order chi connectivity index (χ0) is 9.10. The van der Waals surface area contributed by atoms with Crippen LogP contribution in [-0.2, 0) is 4.79 Å². The van der Waals surface area contributed by atoms with Crippen LogP contribution in [0.5, 0.6) is 0 Å². The second-order valence-corrected chi connectivity index (χ2v) is 4.14. The maximum absolute atomic E-state index is 11.6. The summed E-state index contributed by atoms with van der Waals surface area (Å²) in [5.41, 5.74) is 0. The lowest BCUT2D eigenvalue weighted by molar-refractivity contribution is -0.124. The maximum atomic E-state index is 11.6.